The Balaban J connectivity index is 2.48. The van der Waals surface area contributed by atoms with Crippen LogP contribution >= 0.6 is 0 Å². The Labute approximate surface area is 90.4 Å². The predicted octanol–water partition coefficient (Wildman–Crippen LogP) is 1.98. The molecule has 1 heterocycles. The van der Waals surface area contributed by atoms with Gasteiger partial charge in [-0.05, 0) is 12.1 Å². The lowest BCUT2D eigenvalue weighted by Crippen LogP contribution is -1.97. The summed E-state index contributed by atoms with van der Waals surface area (Å²) in [5.74, 6) is -1.52. The summed E-state index contributed by atoms with van der Waals surface area (Å²) in [6.45, 7) is 0. The summed E-state index contributed by atoms with van der Waals surface area (Å²) in [6, 6.07) is 7.17. The topological polar surface area (TPSA) is 63.1 Å². The molecule has 0 atom stereocenters. The Morgan fingerprint density at radius 2 is 2.12 bits per heavy atom. The van der Waals surface area contributed by atoms with Crippen molar-refractivity contribution in [2.45, 2.75) is 0 Å². The maximum atomic E-state index is 12.8. The minimum absolute atomic E-state index is 0.116. The number of carboxylic acid groups (broad SMARTS) is 1. The van der Waals surface area contributed by atoms with Crippen LogP contribution < -0.4 is 0 Å². The molecule has 1 aromatic carbocycles. The van der Waals surface area contributed by atoms with Crippen molar-refractivity contribution in [3.8, 4) is 11.4 Å². The molecule has 0 unspecified atom stereocenters. The quantitative estimate of drug-likeness (QED) is 0.783. The summed E-state index contributed by atoms with van der Waals surface area (Å²) in [7, 11) is 0. The minimum atomic E-state index is -1.04. The molecule has 0 amide bonds. The molecule has 4 nitrogen and oxygen atoms in total. The summed E-state index contributed by atoms with van der Waals surface area (Å²) in [4.78, 5) is 18.2. The van der Waals surface area contributed by atoms with Crippen LogP contribution in [0.2, 0.25) is 0 Å². The van der Waals surface area contributed by atoms with Crippen LogP contribution in [0.25, 0.3) is 11.4 Å². The first-order chi connectivity index (χ1) is 7.66. The van der Waals surface area contributed by atoms with E-state index < -0.39 is 11.9 Å². The molecule has 2 rings (SSSR count). The number of rotatable bonds is 2. The molecular weight excluding hydrogens is 211 g/mol. The molecule has 0 aliphatic rings. The first kappa shape index (κ1) is 10.2. The highest BCUT2D eigenvalue weighted by Gasteiger charge is 2.06. The van der Waals surface area contributed by atoms with Gasteiger partial charge in [0.2, 0.25) is 5.95 Å². The molecule has 0 saturated carbocycles. The predicted molar refractivity (Wildman–Crippen MR) is 54.4 cm³/mol. The highest BCUT2D eigenvalue weighted by Crippen LogP contribution is 2.16. The molecule has 16 heavy (non-hydrogen) atoms. The Bertz CT molecular complexity index is 543. The second-order valence-corrected chi connectivity index (χ2v) is 3.09. The molecule has 2 aromatic rings. The molecule has 0 aliphatic carbocycles. The fourth-order valence-electron chi connectivity index (χ4n) is 1.27. The third-order valence-electron chi connectivity index (χ3n) is 1.99. The number of carboxylic acids is 1. The number of carbonyl (C=O) groups is 1. The average Bonchev–Trinajstić information content (AvgIpc) is 2.29. The van der Waals surface area contributed by atoms with Gasteiger partial charge in [0.1, 0.15) is 0 Å². The van der Waals surface area contributed by atoms with Crippen LogP contribution in [0.4, 0.5) is 4.39 Å². The Morgan fingerprint density at radius 1 is 1.31 bits per heavy atom. The number of benzene rings is 1. The average molecular weight is 218 g/mol. The van der Waals surface area contributed by atoms with Gasteiger partial charge in [0.05, 0.1) is 5.56 Å². The van der Waals surface area contributed by atoms with Crippen LogP contribution in [0.1, 0.15) is 10.4 Å². The Hall–Kier alpha value is -2.30. The monoisotopic (exact) mass is 218 g/mol. The van der Waals surface area contributed by atoms with E-state index in [1.807, 2.05) is 0 Å². The van der Waals surface area contributed by atoms with Crippen molar-refractivity contribution in [1.29, 1.82) is 0 Å². The van der Waals surface area contributed by atoms with E-state index in [1.54, 1.807) is 12.1 Å². The minimum Gasteiger partial charge on any atom is -0.478 e. The summed E-state index contributed by atoms with van der Waals surface area (Å²) in [5.41, 5.74) is 0.588. The number of aromatic carboxylic acids is 1. The summed E-state index contributed by atoms with van der Waals surface area (Å²) in [5, 5.41) is 8.80. The lowest BCUT2D eigenvalue weighted by atomic mass is 10.1. The molecule has 0 spiro atoms. The van der Waals surface area contributed by atoms with Crippen LogP contribution in [0.15, 0.2) is 36.5 Å². The number of hydrogen-bond donors (Lipinski definition) is 1. The van der Waals surface area contributed by atoms with Crippen molar-refractivity contribution >= 4 is 5.97 Å². The zero-order valence-electron chi connectivity index (χ0n) is 8.09. The van der Waals surface area contributed by atoms with Gasteiger partial charge in [-0.1, -0.05) is 12.1 Å². The lowest BCUT2D eigenvalue weighted by Gasteiger charge is -2.00. The third-order valence-corrected chi connectivity index (χ3v) is 1.99. The standard InChI is InChI=1S/C11H7FN2O2/c12-9-4-5-13-10(14-9)7-2-1-3-8(6-7)11(15)16/h1-6H,(H,15,16). The van der Waals surface area contributed by atoms with Crippen LogP contribution in [0.5, 0.6) is 0 Å². The van der Waals surface area contributed by atoms with Crippen LogP contribution in [0.3, 0.4) is 0 Å². The molecule has 5 heteroatoms. The highest BCUT2D eigenvalue weighted by atomic mass is 19.1. The first-order valence-corrected chi connectivity index (χ1v) is 4.49. The van der Waals surface area contributed by atoms with Crippen LogP contribution in [-0.2, 0) is 0 Å². The third kappa shape index (κ3) is 2.03. The largest absolute Gasteiger partial charge is 0.478 e. The van der Waals surface area contributed by atoms with Gasteiger partial charge in [-0.3, -0.25) is 0 Å². The van der Waals surface area contributed by atoms with Gasteiger partial charge < -0.3 is 5.11 Å². The molecule has 0 fully saturated rings. The maximum Gasteiger partial charge on any atom is 0.335 e. The molecular formula is C11H7FN2O2. The highest BCUT2D eigenvalue weighted by molar-refractivity contribution is 5.89. The van der Waals surface area contributed by atoms with E-state index in [1.165, 1.54) is 18.3 Å². The SMILES string of the molecule is O=C(O)c1cccc(-c2nccc(F)n2)c1. The van der Waals surface area contributed by atoms with Gasteiger partial charge in [0.25, 0.3) is 0 Å². The second kappa shape index (κ2) is 4.06. The number of nitrogens with zero attached hydrogens (tertiary/aromatic N) is 2. The van der Waals surface area contributed by atoms with Crippen molar-refractivity contribution < 1.29 is 14.3 Å². The summed E-state index contributed by atoms with van der Waals surface area (Å²) < 4.78 is 12.8. The number of halogens is 1. The molecule has 0 aliphatic heterocycles. The van der Waals surface area contributed by atoms with E-state index in [4.69, 9.17) is 5.11 Å². The smallest absolute Gasteiger partial charge is 0.335 e. The van der Waals surface area contributed by atoms with Gasteiger partial charge in [-0.25, -0.2) is 9.78 Å². The van der Waals surface area contributed by atoms with Crippen molar-refractivity contribution in [2.24, 2.45) is 0 Å². The van der Waals surface area contributed by atoms with E-state index in [9.17, 15) is 9.18 Å². The first-order valence-electron chi connectivity index (χ1n) is 4.49. The zero-order valence-corrected chi connectivity index (χ0v) is 8.09. The van der Waals surface area contributed by atoms with Gasteiger partial charge in [0, 0.05) is 17.8 Å². The number of hydrogen-bond acceptors (Lipinski definition) is 3. The Morgan fingerprint density at radius 3 is 2.81 bits per heavy atom. The van der Waals surface area contributed by atoms with Crippen molar-refractivity contribution in [1.82, 2.24) is 9.97 Å². The van der Waals surface area contributed by atoms with Gasteiger partial charge in [-0.15, -0.1) is 0 Å². The van der Waals surface area contributed by atoms with Gasteiger partial charge in [0.15, 0.2) is 5.82 Å². The van der Waals surface area contributed by atoms with E-state index in [-0.39, 0.29) is 11.4 Å². The number of aromatic nitrogens is 2. The molecule has 0 radical (unpaired) electrons. The lowest BCUT2D eigenvalue weighted by molar-refractivity contribution is 0.0697. The fraction of sp³-hybridized carbons (Fsp3) is 0. The van der Waals surface area contributed by atoms with Gasteiger partial charge in [-0.2, -0.15) is 9.37 Å². The molecule has 0 saturated heterocycles. The normalized spacial score (nSPS) is 10.1. The van der Waals surface area contributed by atoms with Crippen LogP contribution in [0, 0.1) is 5.95 Å². The van der Waals surface area contributed by atoms with E-state index in [0.717, 1.165) is 6.07 Å². The molecule has 0 bridgehead atoms. The van der Waals surface area contributed by atoms with Crippen molar-refractivity contribution in [2.75, 3.05) is 0 Å². The van der Waals surface area contributed by atoms with Gasteiger partial charge >= 0.3 is 5.97 Å². The maximum absolute atomic E-state index is 12.8. The van der Waals surface area contributed by atoms with Crippen molar-refractivity contribution in [3.05, 3.63) is 48.0 Å². The molecule has 1 aromatic heterocycles. The van der Waals surface area contributed by atoms with E-state index >= 15 is 0 Å². The molecule has 80 valence electrons. The molecule has 1 N–H and O–H groups in total. The Kier molecular flexibility index (Phi) is 2.59. The van der Waals surface area contributed by atoms with E-state index in [0.29, 0.717) is 5.56 Å². The van der Waals surface area contributed by atoms with E-state index in [2.05, 4.69) is 9.97 Å². The second-order valence-electron chi connectivity index (χ2n) is 3.09. The van der Waals surface area contributed by atoms with Crippen LogP contribution in [-0.4, -0.2) is 21.0 Å². The fourth-order valence-corrected chi connectivity index (χ4v) is 1.27. The summed E-state index contributed by atoms with van der Waals surface area (Å²) in [6.07, 6.45) is 1.28. The van der Waals surface area contributed by atoms with Crippen molar-refractivity contribution in [3.63, 3.8) is 0 Å². The zero-order chi connectivity index (χ0) is 11.5. The summed E-state index contributed by atoms with van der Waals surface area (Å²) >= 11 is 0.